The van der Waals surface area contributed by atoms with Crippen LogP contribution in [0.3, 0.4) is 0 Å². The smallest absolute Gasteiger partial charge is 0.239 e. The van der Waals surface area contributed by atoms with Crippen LogP contribution in [0.25, 0.3) is 0 Å². The molecule has 1 heterocycles. The zero-order valence-electron chi connectivity index (χ0n) is 19.3. The number of rotatable bonds is 13. The molecule has 1 N–H and O–H groups in total. The van der Waals surface area contributed by atoms with Crippen LogP contribution in [-0.4, -0.2) is 50.7 Å². The lowest BCUT2D eigenvalue weighted by Gasteiger charge is -2.39. The van der Waals surface area contributed by atoms with Gasteiger partial charge in [0.1, 0.15) is 17.7 Å². The number of carbonyl (C=O) groups is 2. The summed E-state index contributed by atoms with van der Waals surface area (Å²) in [5, 5.41) is 2.57. The van der Waals surface area contributed by atoms with Crippen molar-refractivity contribution in [1.82, 2.24) is 10.2 Å². The lowest BCUT2D eigenvalue weighted by Crippen LogP contribution is -2.59. The molecule has 2 aromatic carbocycles. The predicted molar refractivity (Wildman–Crippen MR) is 132 cm³/mol. The summed E-state index contributed by atoms with van der Waals surface area (Å²) in [5.41, 5.74) is 1.87. The second-order valence-corrected chi connectivity index (χ2v) is 11.1. The van der Waals surface area contributed by atoms with E-state index in [0.717, 1.165) is 42.0 Å². The van der Waals surface area contributed by atoms with E-state index in [2.05, 4.69) is 5.32 Å². The van der Waals surface area contributed by atoms with Crippen LogP contribution in [0.15, 0.2) is 48.5 Å². The van der Waals surface area contributed by atoms with Crippen LogP contribution in [0.2, 0.25) is 5.02 Å². The zero-order valence-corrected chi connectivity index (χ0v) is 20.9. The molecule has 1 fully saturated rings. The molecule has 0 saturated carbocycles. The highest BCUT2D eigenvalue weighted by Gasteiger charge is 2.45. The van der Waals surface area contributed by atoms with Gasteiger partial charge in [-0.2, -0.15) is 0 Å². The van der Waals surface area contributed by atoms with Crippen LogP contribution in [-0.2, 0) is 31.6 Å². The number of carbonyl (C=O) groups excluding carboxylic acids is 2. The second kappa shape index (κ2) is 12.2. The maximum atomic E-state index is 12.8. The normalized spacial score (nSPS) is 15.6. The molecule has 0 bridgehead atoms. The summed E-state index contributed by atoms with van der Waals surface area (Å²) >= 11 is 5.89. The highest BCUT2D eigenvalue weighted by molar-refractivity contribution is 7.91. The van der Waals surface area contributed by atoms with Crippen molar-refractivity contribution in [3.63, 3.8) is 0 Å². The van der Waals surface area contributed by atoms with Gasteiger partial charge < -0.3 is 15.0 Å². The minimum absolute atomic E-state index is 0.0839. The molecule has 0 radical (unpaired) electrons. The van der Waals surface area contributed by atoms with Crippen LogP contribution in [0.4, 0.5) is 0 Å². The Morgan fingerprint density at radius 2 is 1.68 bits per heavy atom. The SMILES string of the molecule is COc1ccc(CS(=O)(=O)C2CC(=O)N2CC(=O)NCCCCCCc2ccc(Cl)cc2)cc1. The monoisotopic (exact) mass is 506 g/mol. The Hall–Kier alpha value is -2.58. The molecule has 1 unspecified atom stereocenters. The van der Waals surface area contributed by atoms with Crippen LogP contribution < -0.4 is 10.1 Å². The number of hydrogen-bond acceptors (Lipinski definition) is 5. The number of sulfone groups is 1. The fourth-order valence-corrected chi connectivity index (χ4v) is 5.84. The third-order valence-electron chi connectivity index (χ3n) is 5.90. The number of ether oxygens (including phenoxy) is 1. The average molecular weight is 507 g/mol. The van der Waals surface area contributed by atoms with Gasteiger partial charge in [0.2, 0.25) is 11.8 Å². The minimum atomic E-state index is -3.61. The van der Waals surface area contributed by atoms with Crippen molar-refractivity contribution in [2.75, 3.05) is 20.2 Å². The number of hydrogen-bond donors (Lipinski definition) is 1. The molecule has 0 aromatic heterocycles. The second-order valence-electron chi connectivity index (χ2n) is 8.48. The first-order valence-corrected chi connectivity index (χ1v) is 13.5. The van der Waals surface area contributed by atoms with Crippen molar-refractivity contribution in [2.45, 2.75) is 49.7 Å². The molecule has 0 aliphatic carbocycles. The number of amides is 2. The van der Waals surface area contributed by atoms with Crippen LogP contribution >= 0.6 is 11.6 Å². The topological polar surface area (TPSA) is 92.8 Å². The lowest BCUT2D eigenvalue weighted by molar-refractivity contribution is -0.145. The minimum Gasteiger partial charge on any atom is -0.497 e. The van der Waals surface area contributed by atoms with E-state index in [0.29, 0.717) is 17.9 Å². The molecule has 3 rings (SSSR count). The Morgan fingerprint density at radius 3 is 2.32 bits per heavy atom. The maximum absolute atomic E-state index is 12.8. The number of β-lactam (4-membered cyclic amide) rings is 1. The molecular formula is C25H31ClN2O5S. The summed E-state index contributed by atoms with van der Waals surface area (Å²) in [6, 6.07) is 14.6. The highest BCUT2D eigenvalue weighted by Crippen LogP contribution is 2.27. The van der Waals surface area contributed by atoms with Crippen molar-refractivity contribution in [3.05, 3.63) is 64.7 Å². The van der Waals surface area contributed by atoms with E-state index in [9.17, 15) is 18.0 Å². The Labute approximate surface area is 206 Å². The van der Waals surface area contributed by atoms with Gasteiger partial charge in [0.25, 0.3) is 0 Å². The number of nitrogens with one attached hydrogen (secondary N) is 1. The van der Waals surface area contributed by atoms with Gasteiger partial charge >= 0.3 is 0 Å². The maximum Gasteiger partial charge on any atom is 0.239 e. The quantitative estimate of drug-likeness (QED) is 0.330. The summed E-state index contributed by atoms with van der Waals surface area (Å²) in [6.45, 7) is 0.271. The van der Waals surface area contributed by atoms with E-state index in [1.54, 1.807) is 24.3 Å². The third kappa shape index (κ3) is 7.46. The number of halogens is 1. The van der Waals surface area contributed by atoms with Crippen LogP contribution in [0, 0.1) is 0 Å². The summed E-state index contributed by atoms with van der Waals surface area (Å²) in [7, 11) is -2.07. The van der Waals surface area contributed by atoms with E-state index in [1.165, 1.54) is 12.7 Å². The first-order valence-electron chi connectivity index (χ1n) is 11.4. The van der Waals surface area contributed by atoms with Gasteiger partial charge in [0.15, 0.2) is 9.84 Å². The van der Waals surface area contributed by atoms with Gasteiger partial charge in [-0.25, -0.2) is 8.42 Å². The van der Waals surface area contributed by atoms with Crippen LogP contribution in [0.1, 0.15) is 43.2 Å². The molecular weight excluding hydrogens is 476 g/mol. The summed E-state index contributed by atoms with van der Waals surface area (Å²) in [4.78, 5) is 25.4. The molecule has 9 heteroatoms. The third-order valence-corrected chi connectivity index (χ3v) is 8.14. The molecule has 1 atom stereocenters. The van der Waals surface area contributed by atoms with Crippen LogP contribution in [0.5, 0.6) is 5.75 Å². The van der Waals surface area contributed by atoms with Crippen molar-refractivity contribution in [1.29, 1.82) is 0 Å². The molecule has 0 spiro atoms. The molecule has 1 aliphatic heterocycles. The fourth-order valence-electron chi connectivity index (χ4n) is 3.88. The molecule has 7 nitrogen and oxygen atoms in total. The van der Waals surface area contributed by atoms with Gasteiger partial charge in [0, 0.05) is 11.6 Å². The predicted octanol–water partition coefficient (Wildman–Crippen LogP) is 3.74. The lowest BCUT2D eigenvalue weighted by atomic mass is 10.1. The highest BCUT2D eigenvalue weighted by atomic mass is 35.5. The van der Waals surface area contributed by atoms with E-state index in [-0.39, 0.29) is 30.5 Å². The van der Waals surface area contributed by atoms with Gasteiger partial charge in [-0.15, -0.1) is 0 Å². The Bertz CT molecular complexity index is 1070. The molecule has 1 saturated heterocycles. The molecule has 2 amide bonds. The van der Waals surface area contributed by atoms with Gasteiger partial charge in [-0.05, 0) is 54.7 Å². The Morgan fingerprint density at radius 1 is 1.03 bits per heavy atom. The average Bonchev–Trinajstić information content (AvgIpc) is 2.81. The first kappa shape index (κ1) is 26.0. The number of methoxy groups -OCH3 is 1. The number of nitrogens with zero attached hydrogens (tertiary/aromatic N) is 1. The number of aryl methyl sites for hydroxylation is 1. The number of likely N-dealkylation sites (tertiary alicyclic amines) is 1. The van der Waals surface area contributed by atoms with E-state index >= 15 is 0 Å². The Balaban J connectivity index is 1.35. The molecule has 2 aromatic rings. The first-order chi connectivity index (χ1) is 16.3. The zero-order chi connectivity index (χ0) is 24.6. The van der Waals surface area contributed by atoms with Crippen molar-refractivity contribution >= 4 is 33.3 Å². The number of benzene rings is 2. The van der Waals surface area contributed by atoms with Crippen molar-refractivity contribution in [3.8, 4) is 5.75 Å². The van der Waals surface area contributed by atoms with Crippen molar-refractivity contribution in [2.24, 2.45) is 0 Å². The number of unbranched alkanes of at least 4 members (excludes halogenated alkanes) is 3. The van der Waals surface area contributed by atoms with Crippen molar-refractivity contribution < 1.29 is 22.7 Å². The summed E-state index contributed by atoms with van der Waals surface area (Å²) in [5.74, 6) is -0.206. The van der Waals surface area contributed by atoms with E-state index in [1.807, 2.05) is 24.3 Å². The molecule has 184 valence electrons. The van der Waals surface area contributed by atoms with E-state index < -0.39 is 15.2 Å². The summed E-state index contributed by atoms with van der Waals surface area (Å²) < 4.78 is 30.7. The Kier molecular flexibility index (Phi) is 9.36. The molecule has 1 aliphatic rings. The largest absolute Gasteiger partial charge is 0.497 e. The standard InChI is InChI=1S/C25H31ClN2O5S/c1-33-22-13-9-20(10-14-22)18-34(31,32)25-16-24(30)28(25)17-23(29)27-15-5-3-2-4-6-19-7-11-21(26)12-8-19/h7-14,25H,2-6,15-18H2,1H3,(H,27,29). The van der Waals surface area contributed by atoms with Gasteiger partial charge in [-0.1, -0.05) is 48.7 Å². The van der Waals surface area contributed by atoms with Gasteiger partial charge in [0.05, 0.1) is 19.3 Å². The van der Waals surface area contributed by atoms with E-state index in [4.69, 9.17) is 16.3 Å². The summed E-state index contributed by atoms with van der Waals surface area (Å²) in [6.07, 6.45) is 4.83. The fraction of sp³-hybridized carbons (Fsp3) is 0.440. The molecule has 34 heavy (non-hydrogen) atoms. The van der Waals surface area contributed by atoms with Gasteiger partial charge in [-0.3, -0.25) is 9.59 Å².